The average molecular weight is 526 g/mol. The predicted molar refractivity (Wildman–Crippen MR) is 128 cm³/mol. The monoisotopic (exact) mass is 525 g/mol. The number of hydrogen-bond donors (Lipinski definition) is 0. The van der Waals surface area contributed by atoms with Gasteiger partial charge >= 0.3 is 5.97 Å². The van der Waals surface area contributed by atoms with Crippen LogP contribution in [-0.2, 0) is 9.47 Å². The van der Waals surface area contributed by atoms with Gasteiger partial charge in [-0.3, -0.25) is 19.5 Å². The van der Waals surface area contributed by atoms with Gasteiger partial charge in [-0.25, -0.2) is 4.79 Å². The lowest BCUT2D eigenvalue weighted by Crippen LogP contribution is -2.36. The third kappa shape index (κ3) is 4.19. The van der Waals surface area contributed by atoms with Crippen molar-refractivity contribution < 1.29 is 23.9 Å². The van der Waals surface area contributed by atoms with Gasteiger partial charge in [0, 0.05) is 30.0 Å². The number of fused-ring (bicyclic) bond motifs is 4. The topological polar surface area (TPSA) is 90.2 Å². The Bertz CT molecular complexity index is 1280. The molecule has 9 heteroatoms. The van der Waals surface area contributed by atoms with Crippen LogP contribution in [0.4, 0.5) is 0 Å². The largest absolute Gasteiger partial charge is 0.462 e. The van der Waals surface area contributed by atoms with Crippen LogP contribution in [0.3, 0.4) is 0 Å². The van der Waals surface area contributed by atoms with E-state index in [-0.39, 0.29) is 40.5 Å². The highest BCUT2D eigenvalue weighted by molar-refractivity contribution is 9.10. The molecule has 1 fully saturated rings. The molecule has 0 radical (unpaired) electrons. The molecule has 1 saturated heterocycles. The minimum absolute atomic E-state index is 0.0842. The van der Waals surface area contributed by atoms with Crippen LogP contribution in [0.15, 0.2) is 41.1 Å². The fraction of sp³-hybridized carbons (Fsp3) is 0.360. The van der Waals surface area contributed by atoms with Gasteiger partial charge in [0.2, 0.25) is 5.78 Å². The van der Waals surface area contributed by atoms with Crippen molar-refractivity contribution >= 4 is 39.0 Å². The van der Waals surface area contributed by atoms with Crippen LogP contribution in [0, 0.1) is 0 Å². The van der Waals surface area contributed by atoms with Crippen molar-refractivity contribution in [1.29, 1.82) is 0 Å². The molecule has 0 N–H and O–H groups in total. The molecule has 4 heterocycles. The van der Waals surface area contributed by atoms with Gasteiger partial charge in [-0.15, -0.1) is 0 Å². The van der Waals surface area contributed by atoms with E-state index < -0.39 is 11.8 Å². The Morgan fingerprint density at radius 3 is 2.74 bits per heavy atom. The van der Waals surface area contributed by atoms with Crippen molar-refractivity contribution in [3.05, 3.63) is 69.2 Å². The third-order valence-electron chi connectivity index (χ3n) is 6.27. The highest BCUT2D eigenvalue weighted by Gasteiger charge is 2.39. The standard InChI is InChI=1S/C25H24BrN3O5/c26-16-6-7-18-19(25(32)34-12-3-1-2-9-28-10-13-33-14-11-28)20-22(29(18)15-16)24(31)21-17(23(20)30)5-4-8-27-21/h4-8,15H,1-3,9-14H2. The maximum absolute atomic E-state index is 13.4. The highest BCUT2D eigenvalue weighted by atomic mass is 79.9. The van der Waals surface area contributed by atoms with Gasteiger partial charge in [0.25, 0.3) is 0 Å². The maximum atomic E-state index is 13.4. The van der Waals surface area contributed by atoms with Gasteiger partial charge < -0.3 is 13.9 Å². The Balaban J connectivity index is 1.34. The van der Waals surface area contributed by atoms with E-state index in [2.05, 4.69) is 25.8 Å². The quantitative estimate of drug-likeness (QED) is 0.269. The molecule has 8 nitrogen and oxygen atoms in total. The minimum Gasteiger partial charge on any atom is -0.462 e. The van der Waals surface area contributed by atoms with Crippen LogP contribution in [0.5, 0.6) is 0 Å². The average Bonchev–Trinajstić information content (AvgIpc) is 3.20. The van der Waals surface area contributed by atoms with Gasteiger partial charge in [0.15, 0.2) is 5.78 Å². The summed E-state index contributed by atoms with van der Waals surface area (Å²) in [4.78, 5) is 46.3. The van der Waals surface area contributed by atoms with E-state index in [0.29, 0.717) is 9.99 Å². The molecule has 3 aromatic rings. The molecule has 1 aliphatic heterocycles. The van der Waals surface area contributed by atoms with Gasteiger partial charge in [0.1, 0.15) is 11.4 Å². The molecule has 0 amide bonds. The molecule has 0 unspecified atom stereocenters. The Morgan fingerprint density at radius 1 is 1.09 bits per heavy atom. The number of pyridine rings is 2. The Kier molecular flexibility index (Phi) is 6.58. The lowest BCUT2D eigenvalue weighted by Gasteiger charge is -2.26. The zero-order valence-electron chi connectivity index (χ0n) is 18.6. The first-order valence-corrected chi connectivity index (χ1v) is 12.2. The second-order valence-electron chi connectivity index (χ2n) is 8.41. The maximum Gasteiger partial charge on any atom is 0.341 e. The van der Waals surface area contributed by atoms with E-state index in [1.54, 1.807) is 34.9 Å². The van der Waals surface area contributed by atoms with Crippen LogP contribution >= 0.6 is 15.9 Å². The van der Waals surface area contributed by atoms with Gasteiger partial charge in [-0.2, -0.15) is 0 Å². The van der Waals surface area contributed by atoms with Crippen molar-refractivity contribution in [2.45, 2.75) is 19.3 Å². The summed E-state index contributed by atoms with van der Waals surface area (Å²) >= 11 is 3.41. The Labute approximate surface area is 205 Å². The molecule has 2 aliphatic rings. The summed E-state index contributed by atoms with van der Waals surface area (Å²) in [5, 5.41) is 0. The SMILES string of the molecule is O=C1c2cccnc2C(=O)c2c1c(C(=O)OCCCCCN1CCOCC1)c1ccc(Br)cn21. The van der Waals surface area contributed by atoms with Gasteiger partial charge in [-0.05, 0) is 66.0 Å². The van der Waals surface area contributed by atoms with Crippen LogP contribution in [0.25, 0.3) is 5.52 Å². The smallest absolute Gasteiger partial charge is 0.341 e. The molecule has 3 aromatic heterocycles. The molecule has 5 rings (SSSR count). The fourth-order valence-corrected chi connectivity index (χ4v) is 4.91. The number of halogens is 1. The minimum atomic E-state index is -0.595. The van der Waals surface area contributed by atoms with Crippen molar-refractivity contribution in [3.8, 4) is 0 Å². The number of ether oxygens (including phenoxy) is 2. The third-order valence-corrected chi connectivity index (χ3v) is 6.73. The Hall–Kier alpha value is -2.88. The molecule has 1 aliphatic carbocycles. The molecule has 0 atom stereocenters. The number of carbonyl (C=O) groups excluding carboxylic acids is 3. The number of aromatic nitrogens is 2. The molecular weight excluding hydrogens is 502 g/mol. The van der Waals surface area contributed by atoms with E-state index in [0.717, 1.165) is 52.1 Å². The second-order valence-corrected chi connectivity index (χ2v) is 9.33. The zero-order chi connectivity index (χ0) is 23.7. The van der Waals surface area contributed by atoms with Crippen molar-refractivity contribution in [2.24, 2.45) is 0 Å². The molecule has 0 bridgehead atoms. The number of rotatable bonds is 7. The number of nitrogens with zero attached hydrogens (tertiary/aromatic N) is 3. The summed E-state index contributed by atoms with van der Waals surface area (Å²) in [6, 6.07) is 6.65. The van der Waals surface area contributed by atoms with Crippen LogP contribution in [0.1, 0.15) is 61.7 Å². The molecular formula is C25H24BrN3O5. The first-order chi connectivity index (χ1) is 16.6. The molecule has 0 spiro atoms. The second kappa shape index (κ2) is 9.77. The summed E-state index contributed by atoms with van der Waals surface area (Å²) in [5.41, 5.74) is 1.11. The number of ketones is 2. The van der Waals surface area contributed by atoms with E-state index in [4.69, 9.17) is 9.47 Å². The van der Waals surface area contributed by atoms with E-state index in [1.165, 1.54) is 6.20 Å². The van der Waals surface area contributed by atoms with E-state index in [1.807, 2.05) is 0 Å². The van der Waals surface area contributed by atoms with Crippen molar-refractivity contribution in [3.63, 3.8) is 0 Å². The molecule has 176 valence electrons. The fourth-order valence-electron chi connectivity index (χ4n) is 4.57. The van der Waals surface area contributed by atoms with Crippen LogP contribution < -0.4 is 0 Å². The van der Waals surface area contributed by atoms with Gasteiger partial charge in [-0.1, -0.05) is 0 Å². The van der Waals surface area contributed by atoms with E-state index >= 15 is 0 Å². The summed E-state index contributed by atoms with van der Waals surface area (Å²) in [7, 11) is 0. The van der Waals surface area contributed by atoms with Crippen molar-refractivity contribution in [1.82, 2.24) is 14.3 Å². The molecule has 0 aromatic carbocycles. The van der Waals surface area contributed by atoms with Crippen molar-refractivity contribution in [2.75, 3.05) is 39.5 Å². The number of unbranched alkanes of at least 4 members (excludes halogenated alkanes) is 2. The summed E-state index contributed by atoms with van der Waals surface area (Å²) in [6.45, 7) is 4.75. The summed E-state index contributed by atoms with van der Waals surface area (Å²) < 4.78 is 13.2. The molecule has 0 saturated carbocycles. The zero-order valence-corrected chi connectivity index (χ0v) is 20.2. The predicted octanol–water partition coefficient (Wildman–Crippen LogP) is 3.53. The normalized spacial score (nSPS) is 15.9. The number of hydrogen-bond acceptors (Lipinski definition) is 7. The first kappa shape index (κ1) is 22.9. The number of morpholine rings is 1. The van der Waals surface area contributed by atoms with Crippen LogP contribution in [0.2, 0.25) is 0 Å². The lowest BCUT2D eigenvalue weighted by atomic mass is 9.89. The first-order valence-electron chi connectivity index (χ1n) is 11.4. The van der Waals surface area contributed by atoms with Gasteiger partial charge in [0.05, 0.1) is 42.0 Å². The highest BCUT2D eigenvalue weighted by Crippen LogP contribution is 2.34. The molecule has 34 heavy (non-hydrogen) atoms. The Morgan fingerprint density at radius 2 is 1.91 bits per heavy atom. The summed E-state index contributed by atoms with van der Waals surface area (Å²) in [6.07, 6.45) is 5.84. The summed E-state index contributed by atoms with van der Waals surface area (Å²) in [5.74, 6) is -1.38. The number of carbonyl (C=O) groups is 3. The lowest BCUT2D eigenvalue weighted by molar-refractivity contribution is 0.0363. The van der Waals surface area contributed by atoms with Crippen LogP contribution in [-0.4, -0.2) is 71.3 Å². The number of esters is 1. The van der Waals surface area contributed by atoms with E-state index in [9.17, 15) is 14.4 Å².